The van der Waals surface area contributed by atoms with Crippen LogP contribution in [0.1, 0.15) is 5.56 Å². The van der Waals surface area contributed by atoms with Crippen molar-refractivity contribution in [2.45, 2.75) is 16.0 Å². The lowest BCUT2D eigenvalue weighted by Gasteiger charge is -2.12. The van der Waals surface area contributed by atoms with E-state index in [2.05, 4.69) is 4.98 Å². The van der Waals surface area contributed by atoms with E-state index in [1.807, 2.05) is 0 Å². The molecule has 0 spiro atoms. The predicted molar refractivity (Wildman–Crippen MR) is 80.3 cm³/mol. The fraction of sp³-hybridized carbons (Fsp3) is 0.0667. The maximum absolute atomic E-state index is 13.0. The summed E-state index contributed by atoms with van der Waals surface area (Å²) in [6.07, 6.45) is -3.08. The molecule has 0 aliphatic rings. The lowest BCUT2D eigenvalue weighted by molar-refractivity contribution is -0.139. The lowest BCUT2D eigenvalue weighted by atomic mass is 10.2. The molecular formula is C15H9F3N2O2S. The van der Waals surface area contributed by atoms with Crippen LogP contribution in [-0.4, -0.2) is 4.98 Å². The number of pyridine rings is 1. The minimum atomic E-state index is -4.53. The highest BCUT2D eigenvalue weighted by Gasteiger charge is 2.33. The van der Waals surface area contributed by atoms with E-state index in [0.29, 0.717) is 11.8 Å². The molecule has 0 unspecified atom stereocenters. The van der Waals surface area contributed by atoms with Gasteiger partial charge in [0.25, 0.3) is 0 Å². The third-order valence-electron chi connectivity index (χ3n) is 3.06. The third kappa shape index (κ3) is 2.89. The second kappa shape index (κ2) is 5.62. The monoisotopic (exact) mass is 338 g/mol. The van der Waals surface area contributed by atoms with Crippen LogP contribution < -0.4 is 11.4 Å². The van der Waals surface area contributed by atoms with Crippen molar-refractivity contribution in [1.82, 2.24) is 4.98 Å². The Bertz CT molecular complexity index is 938. The van der Waals surface area contributed by atoms with Crippen molar-refractivity contribution >= 4 is 28.5 Å². The van der Waals surface area contributed by atoms with Gasteiger partial charge >= 0.3 is 11.8 Å². The molecular weight excluding hydrogens is 329 g/mol. The average molecular weight is 338 g/mol. The number of alkyl halides is 3. The second-order valence-corrected chi connectivity index (χ2v) is 5.63. The number of benzene rings is 1. The Morgan fingerprint density at radius 2 is 1.87 bits per heavy atom. The molecule has 0 aliphatic heterocycles. The van der Waals surface area contributed by atoms with Gasteiger partial charge in [-0.3, -0.25) is 4.98 Å². The zero-order chi connectivity index (χ0) is 16.6. The highest BCUT2D eigenvalue weighted by molar-refractivity contribution is 7.99. The molecule has 0 fully saturated rings. The van der Waals surface area contributed by atoms with Crippen LogP contribution >= 0.6 is 11.8 Å². The zero-order valence-corrected chi connectivity index (χ0v) is 12.2. The molecule has 0 saturated carbocycles. The first-order valence-electron chi connectivity index (χ1n) is 6.39. The Morgan fingerprint density at radius 1 is 1.13 bits per heavy atom. The van der Waals surface area contributed by atoms with Gasteiger partial charge in [0.1, 0.15) is 10.4 Å². The molecule has 2 aromatic heterocycles. The number of hydrogen-bond donors (Lipinski definition) is 1. The molecule has 4 nitrogen and oxygen atoms in total. The highest BCUT2D eigenvalue weighted by Crippen LogP contribution is 2.40. The third-order valence-corrected chi connectivity index (χ3v) is 4.23. The molecule has 0 amide bonds. The van der Waals surface area contributed by atoms with Crippen molar-refractivity contribution in [2.75, 3.05) is 5.73 Å². The summed E-state index contributed by atoms with van der Waals surface area (Å²) in [7, 11) is 0. The second-order valence-electron chi connectivity index (χ2n) is 4.58. The van der Waals surface area contributed by atoms with Gasteiger partial charge < -0.3 is 10.2 Å². The Hall–Kier alpha value is -2.48. The summed E-state index contributed by atoms with van der Waals surface area (Å²) >= 11 is 0.618. The van der Waals surface area contributed by atoms with Crippen LogP contribution in [0.3, 0.4) is 0 Å². The predicted octanol–water partition coefficient (Wildman–Crippen LogP) is 3.94. The molecule has 0 atom stereocenters. The average Bonchev–Trinajstić information content (AvgIpc) is 2.51. The first kappa shape index (κ1) is 15.4. The van der Waals surface area contributed by atoms with Gasteiger partial charge in [0.05, 0.1) is 11.3 Å². The van der Waals surface area contributed by atoms with Crippen molar-refractivity contribution in [1.29, 1.82) is 0 Å². The highest BCUT2D eigenvalue weighted by atomic mass is 32.2. The van der Waals surface area contributed by atoms with E-state index in [1.54, 1.807) is 6.07 Å². The summed E-state index contributed by atoms with van der Waals surface area (Å²) in [4.78, 5) is 15.8. The van der Waals surface area contributed by atoms with Crippen LogP contribution in [0.4, 0.5) is 18.9 Å². The summed E-state index contributed by atoms with van der Waals surface area (Å²) in [5.74, 6) is 0. The van der Waals surface area contributed by atoms with Crippen LogP contribution in [0.2, 0.25) is 0 Å². The quantitative estimate of drug-likeness (QED) is 0.766. The van der Waals surface area contributed by atoms with Gasteiger partial charge in [-0.15, -0.1) is 0 Å². The van der Waals surface area contributed by atoms with Crippen molar-refractivity contribution < 1.29 is 17.6 Å². The van der Waals surface area contributed by atoms with Gasteiger partial charge in [0.2, 0.25) is 0 Å². The molecule has 2 N–H and O–H groups in total. The fourth-order valence-corrected chi connectivity index (χ4v) is 3.03. The molecule has 3 rings (SSSR count). The first-order chi connectivity index (χ1) is 10.9. The Labute approximate surface area is 132 Å². The van der Waals surface area contributed by atoms with Gasteiger partial charge in [-0.1, -0.05) is 23.9 Å². The van der Waals surface area contributed by atoms with Gasteiger partial charge in [-0.25, -0.2) is 4.79 Å². The smallest absolute Gasteiger partial charge is 0.417 e. The molecule has 1 aromatic carbocycles. The number of aromatic nitrogens is 1. The molecule has 8 heteroatoms. The summed E-state index contributed by atoms with van der Waals surface area (Å²) < 4.78 is 44.2. The molecule has 118 valence electrons. The topological polar surface area (TPSA) is 69.1 Å². The van der Waals surface area contributed by atoms with Crippen LogP contribution in [-0.2, 0) is 6.18 Å². The van der Waals surface area contributed by atoms with Gasteiger partial charge in [0, 0.05) is 11.1 Å². The largest absolute Gasteiger partial charge is 0.420 e. The lowest BCUT2D eigenvalue weighted by Crippen LogP contribution is -2.10. The van der Waals surface area contributed by atoms with E-state index in [-0.39, 0.29) is 26.6 Å². The molecule has 0 aliphatic carbocycles. The number of nitrogen functional groups attached to an aromatic ring is 1. The Kier molecular flexibility index (Phi) is 3.77. The molecule has 2 heterocycles. The fourth-order valence-electron chi connectivity index (χ4n) is 2.04. The molecule has 23 heavy (non-hydrogen) atoms. The summed E-state index contributed by atoms with van der Waals surface area (Å²) in [5, 5.41) is 0. The number of rotatable bonds is 2. The summed E-state index contributed by atoms with van der Waals surface area (Å²) in [6.45, 7) is 0. The first-order valence-corrected chi connectivity index (χ1v) is 7.21. The van der Waals surface area contributed by atoms with Gasteiger partial charge in [-0.05, 0) is 24.3 Å². The van der Waals surface area contributed by atoms with Crippen LogP contribution in [0.25, 0.3) is 11.1 Å². The van der Waals surface area contributed by atoms with Crippen LogP contribution in [0.15, 0.2) is 61.6 Å². The SMILES string of the molecule is Nc1c(Sc2ccccc2C(F)(F)F)c(=O)oc2cccnc12. The minimum Gasteiger partial charge on any atom is -0.420 e. The van der Waals surface area contributed by atoms with Crippen LogP contribution in [0.5, 0.6) is 0 Å². The van der Waals surface area contributed by atoms with Gasteiger partial charge in [0.15, 0.2) is 5.58 Å². The number of hydrogen-bond acceptors (Lipinski definition) is 5. The summed E-state index contributed by atoms with van der Waals surface area (Å²) in [5.41, 5.74) is 4.68. The van der Waals surface area contributed by atoms with E-state index in [0.717, 1.165) is 6.07 Å². The van der Waals surface area contributed by atoms with Crippen molar-refractivity contribution in [3.05, 3.63) is 58.6 Å². The maximum Gasteiger partial charge on any atom is 0.417 e. The van der Waals surface area contributed by atoms with E-state index >= 15 is 0 Å². The van der Waals surface area contributed by atoms with Crippen molar-refractivity contribution in [3.8, 4) is 0 Å². The number of nitrogens with zero attached hydrogens (tertiary/aromatic N) is 1. The zero-order valence-electron chi connectivity index (χ0n) is 11.4. The summed E-state index contributed by atoms with van der Waals surface area (Å²) in [6, 6.07) is 8.03. The minimum absolute atomic E-state index is 0.00109. The number of fused-ring (bicyclic) bond motifs is 1. The number of nitrogens with two attached hydrogens (primary N) is 1. The van der Waals surface area contributed by atoms with Crippen molar-refractivity contribution in [3.63, 3.8) is 0 Å². The number of halogens is 3. The molecule has 3 aromatic rings. The number of anilines is 1. The molecule has 0 saturated heterocycles. The van der Waals surface area contributed by atoms with Gasteiger partial charge in [-0.2, -0.15) is 13.2 Å². The molecule has 0 bridgehead atoms. The Balaban J connectivity index is 2.15. The van der Waals surface area contributed by atoms with E-state index < -0.39 is 17.4 Å². The normalized spacial score (nSPS) is 11.8. The van der Waals surface area contributed by atoms with E-state index in [4.69, 9.17) is 10.2 Å². The van der Waals surface area contributed by atoms with E-state index in [9.17, 15) is 18.0 Å². The maximum atomic E-state index is 13.0. The van der Waals surface area contributed by atoms with Crippen molar-refractivity contribution in [2.24, 2.45) is 0 Å². The standard InChI is InChI=1S/C15H9F3N2O2S/c16-15(17,18)8-4-1-2-6-10(8)23-13-11(19)12-9(22-14(13)21)5-3-7-20-12/h1-7H,19H2. The van der Waals surface area contributed by atoms with E-state index in [1.165, 1.54) is 30.5 Å². The Morgan fingerprint density at radius 3 is 2.61 bits per heavy atom. The molecule has 0 radical (unpaired) electrons. The van der Waals surface area contributed by atoms with Crippen LogP contribution in [0, 0.1) is 0 Å².